The van der Waals surface area contributed by atoms with Gasteiger partial charge in [0.15, 0.2) is 0 Å². The van der Waals surface area contributed by atoms with Gasteiger partial charge in [0.05, 0.1) is 0 Å². The van der Waals surface area contributed by atoms with Gasteiger partial charge in [-0.25, -0.2) is 0 Å². The van der Waals surface area contributed by atoms with Gasteiger partial charge in [-0.2, -0.15) is 0 Å². The Hall–Kier alpha value is -0.770. The number of benzene rings is 1. The minimum atomic E-state index is -0.0599. The molecule has 0 radical (unpaired) electrons. The fourth-order valence-corrected chi connectivity index (χ4v) is 4.04. The number of hydrogen-bond acceptors (Lipinski definition) is 2. The number of nitrogens with zero attached hydrogens (tertiary/aromatic N) is 1. The second-order valence-electron chi connectivity index (χ2n) is 6.55. The smallest absolute Gasteiger partial charge is 0.225 e. The number of amides is 1. The van der Waals surface area contributed by atoms with Gasteiger partial charge in [0, 0.05) is 41.1 Å². The van der Waals surface area contributed by atoms with E-state index in [2.05, 4.69) is 5.32 Å². The molecule has 2 saturated heterocycles. The minimum absolute atomic E-state index is 0.0599. The van der Waals surface area contributed by atoms with Gasteiger partial charge in [-0.05, 0) is 43.4 Å². The van der Waals surface area contributed by atoms with E-state index in [0.29, 0.717) is 28.5 Å². The number of nitrogens with one attached hydrogen (secondary N) is 1. The molecule has 3 unspecified atom stereocenters. The minimum Gasteiger partial charge on any atom is -0.341 e. The van der Waals surface area contributed by atoms with E-state index >= 15 is 0 Å². The zero-order chi connectivity index (χ0) is 15.7. The average molecular weight is 341 g/mol. The molecule has 2 aliphatic heterocycles. The third kappa shape index (κ3) is 3.58. The summed E-state index contributed by atoms with van der Waals surface area (Å²) < 4.78 is 0. The van der Waals surface area contributed by atoms with Crippen molar-refractivity contribution < 1.29 is 4.79 Å². The molecule has 0 aliphatic carbocycles. The van der Waals surface area contributed by atoms with Gasteiger partial charge < -0.3 is 10.2 Å². The van der Waals surface area contributed by atoms with Crippen LogP contribution in [0.4, 0.5) is 0 Å². The zero-order valence-corrected chi connectivity index (χ0v) is 14.3. The summed E-state index contributed by atoms with van der Waals surface area (Å²) in [5.74, 6) is 0.177. The molecule has 1 N–H and O–H groups in total. The molecule has 1 aromatic carbocycles. The van der Waals surface area contributed by atoms with Crippen molar-refractivity contribution >= 4 is 29.1 Å². The summed E-state index contributed by atoms with van der Waals surface area (Å²) in [5.41, 5.74) is 0.987. The van der Waals surface area contributed by atoms with Crippen molar-refractivity contribution in [2.45, 2.75) is 44.7 Å². The summed E-state index contributed by atoms with van der Waals surface area (Å²) in [6, 6.07) is 6.56. The van der Waals surface area contributed by atoms with Crippen LogP contribution >= 0.6 is 23.2 Å². The second-order valence-corrected chi connectivity index (χ2v) is 7.40. The topological polar surface area (TPSA) is 32.3 Å². The number of fused-ring (bicyclic) bond motifs is 2. The molecule has 120 valence electrons. The monoisotopic (exact) mass is 340 g/mol. The van der Waals surface area contributed by atoms with Crippen LogP contribution in [-0.2, 0) is 11.2 Å². The van der Waals surface area contributed by atoms with E-state index in [1.165, 1.54) is 12.8 Å². The van der Waals surface area contributed by atoms with E-state index in [-0.39, 0.29) is 11.8 Å². The zero-order valence-electron chi connectivity index (χ0n) is 12.8. The van der Waals surface area contributed by atoms with E-state index < -0.39 is 0 Å². The molecule has 5 heteroatoms. The highest BCUT2D eigenvalue weighted by Gasteiger charge is 2.32. The maximum absolute atomic E-state index is 12.7. The van der Waals surface area contributed by atoms with Crippen LogP contribution in [0.1, 0.15) is 31.7 Å². The Kier molecular flexibility index (Phi) is 4.96. The number of likely N-dealkylation sites (tertiary alicyclic amines) is 1. The molecule has 0 saturated carbocycles. The van der Waals surface area contributed by atoms with E-state index in [1.54, 1.807) is 6.07 Å². The van der Waals surface area contributed by atoms with Gasteiger partial charge in [-0.15, -0.1) is 0 Å². The first-order valence-electron chi connectivity index (χ1n) is 8.01. The van der Waals surface area contributed by atoms with Gasteiger partial charge >= 0.3 is 0 Å². The molecule has 22 heavy (non-hydrogen) atoms. The quantitative estimate of drug-likeness (QED) is 0.912. The summed E-state index contributed by atoms with van der Waals surface area (Å²) in [6.45, 7) is 3.70. The number of carbonyl (C=O) groups is 1. The van der Waals surface area contributed by atoms with Crippen LogP contribution in [0.15, 0.2) is 18.2 Å². The molecule has 0 spiro atoms. The summed E-state index contributed by atoms with van der Waals surface area (Å²) in [7, 11) is 0. The third-order valence-electron chi connectivity index (χ3n) is 4.80. The number of carbonyl (C=O) groups excluding carboxylic acids is 1. The highest BCUT2D eigenvalue weighted by molar-refractivity contribution is 6.35. The lowest BCUT2D eigenvalue weighted by Gasteiger charge is -2.27. The lowest BCUT2D eigenvalue weighted by Crippen LogP contribution is -2.41. The largest absolute Gasteiger partial charge is 0.341 e. The Bertz CT molecular complexity index is 564. The summed E-state index contributed by atoms with van der Waals surface area (Å²) in [5, 5.41) is 4.88. The van der Waals surface area contributed by atoms with Crippen LogP contribution < -0.4 is 5.32 Å². The molecule has 1 amide bonds. The SMILES string of the molecule is CC(Cc1ccc(Cl)cc1Cl)C(=O)N1CCC2CCC(C1)N2. The lowest BCUT2D eigenvalue weighted by atomic mass is 9.98. The van der Waals surface area contributed by atoms with E-state index in [4.69, 9.17) is 23.2 Å². The van der Waals surface area contributed by atoms with Crippen molar-refractivity contribution in [3.8, 4) is 0 Å². The first-order chi connectivity index (χ1) is 10.5. The molecule has 2 fully saturated rings. The van der Waals surface area contributed by atoms with Gasteiger partial charge in [-0.3, -0.25) is 4.79 Å². The molecule has 3 atom stereocenters. The van der Waals surface area contributed by atoms with Crippen LogP contribution in [0.25, 0.3) is 0 Å². The summed E-state index contributed by atoms with van der Waals surface area (Å²) in [4.78, 5) is 14.8. The maximum Gasteiger partial charge on any atom is 0.225 e. The maximum atomic E-state index is 12.7. The fraction of sp³-hybridized carbons (Fsp3) is 0.588. The van der Waals surface area contributed by atoms with Crippen LogP contribution in [0.3, 0.4) is 0 Å². The fourth-order valence-electron chi connectivity index (χ4n) is 3.56. The molecule has 1 aromatic rings. The van der Waals surface area contributed by atoms with Crippen molar-refractivity contribution in [3.05, 3.63) is 33.8 Å². The number of rotatable bonds is 3. The number of halogens is 2. The Labute approximate surface area is 142 Å². The summed E-state index contributed by atoms with van der Waals surface area (Å²) in [6.07, 6.45) is 4.16. The average Bonchev–Trinajstić information content (AvgIpc) is 2.80. The number of hydrogen-bond donors (Lipinski definition) is 1. The highest BCUT2D eigenvalue weighted by atomic mass is 35.5. The molecule has 0 aromatic heterocycles. The van der Waals surface area contributed by atoms with Crippen molar-refractivity contribution in [2.75, 3.05) is 13.1 Å². The first-order valence-corrected chi connectivity index (χ1v) is 8.77. The van der Waals surface area contributed by atoms with Crippen molar-refractivity contribution in [1.29, 1.82) is 0 Å². The van der Waals surface area contributed by atoms with E-state index in [1.807, 2.05) is 24.0 Å². The van der Waals surface area contributed by atoms with E-state index in [9.17, 15) is 4.79 Å². The summed E-state index contributed by atoms with van der Waals surface area (Å²) >= 11 is 12.1. The second kappa shape index (κ2) is 6.77. The van der Waals surface area contributed by atoms with Crippen LogP contribution in [0, 0.1) is 5.92 Å². The van der Waals surface area contributed by atoms with Crippen LogP contribution in [0.2, 0.25) is 10.0 Å². The molecule has 3 nitrogen and oxygen atoms in total. The molecule has 2 bridgehead atoms. The van der Waals surface area contributed by atoms with Crippen LogP contribution in [0.5, 0.6) is 0 Å². The van der Waals surface area contributed by atoms with Crippen molar-refractivity contribution in [1.82, 2.24) is 10.2 Å². The predicted octanol–water partition coefficient (Wildman–Crippen LogP) is 3.52. The Morgan fingerprint density at radius 1 is 1.32 bits per heavy atom. The standard InChI is InChI=1S/C17H22Cl2N2O/c1-11(8-12-2-3-13(18)9-16(12)19)17(22)21-7-6-14-4-5-15(10-21)20-14/h2-3,9,11,14-15,20H,4-8,10H2,1H3. The van der Waals surface area contributed by atoms with Gasteiger partial charge in [0.25, 0.3) is 0 Å². The van der Waals surface area contributed by atoms with Gasteiger partial charge in [-0.1, -0.05) is 36.2 Å². The van der Waals surface area contributed by atoms with Gasteiger partial charge in [0.2, 0.25) is 5.91 Å². The molecule has 3 rings (SSSR count). The highest BCUT2D eigenvalue weighted by Crippen LogP contribution is 2.25. The molecule has 2 aliphatic rings. The van der Waals surface area contributed by atoms with E-state index in [0.717, 1.165) is 25.1 Å². The van der Waals surface area contributed by atoms with Crippen LogP contribution in [-0.4, -0.2) is 36.0 Å². The predicted molar refractivity (Wildman–Crippen MR) is 90.5 cm³/mol. The molecule has 2 heterocycles. The van der Waals surface area contributed by atoms with Gasteiger partial charge in [0.1, 0.15) is 0 Å². The Morgan fingerprint density at radius 2 is 2.09 bits per heavy atom. The Morgan fingerprint density at radius 3 is 2.86 bits per heavy atom. The Balaban J connectivity index is 1.64. The molecular weight excluding hydrogens is 319 g/mol. The lowest BCUT2D eigenvalue weighted by molar-refractivity contribution is -0.135. The molecular formula is C17H22Cl2N2O. The third-order valence-corrected chi connectivity index (χ3v) is 5.38. The first kappa shape index (κ1) is 16.1. The normalized spacial score (nSPS) is 25.9. The van der Waals surface area contributed by atoms with Crippen molar-refractivity contribution in [3.63, 3.8) is 0 Å². The van der Waals surface area contributed by atoms with Crippen molar-refractivity contribution in [2.24, 2.45) is 5.92 Å².